The molecular weight excluding hydrogens is 467 g/mol. The SMILES string of the molecule is O=C(O)c1cccc(S(=O)(=O)N2CCc3ccc(C#Cc4ccc(C(F)(F)F)cc4)cc3C2)c1. The van der Waals surface area contributed by atoms with Gasteiger partial charge in [-0.2, -0.15) is 17.5 Å². The monoisotopic (exact) mass is 485 g/mol. The lowest BCUT2D eigenvalue weighted by molar-refractivity contribution is -0.137. The predicted molar refractivity (Wildman–Crippen MR) is 119 cm³/mol. The number of carboxylic acid groups (broad SMARTS) is 1. The van der Waals surface area contributed by atoms with Crippen LogP contribution in [-0.2, 0) is 29.2 Å². The molecule has 4 rings (SSSR count). The van der Waals surface area contributed by atoms with Gasteiger partial charge in [0.15, 0.2) is 0 Å². The Bertz CT molecular complexity index is 1420. The highest BCUT2D eigenvalue weighted by molar-refractivity contribution is 7.89. The Balaban J connectivity index is 1.56. The second-order valence-electron chi connectivity index (χ2n) is 7.73. The van der Waals surface area contributed by atoms with Crippen LogP contribution in [0.15, 0.2) is 71.6 Å². The predicted octanol–water partition coefficient (Wildman–Crippen LogP) is 4.55. The van der Waals surface area contributed by atoms with Gasteiger partial charge in [-0.25, -0.2) is 13.2 Å². The molecule has 1 aliphatic heterocycles. The molecule has 0 aromatic heterocycles. The summed E-state index contributed by atoms with van der Waals surface area (Å²) in [7, 11) is -3.90. The molecule has 0 saturated heterocycles. The van der Waals surface area contributed by atoms with E-state index in [2.05, 4.69) is 11.8 Å². The second-order valence-corrected chi connectivity index (χ2v) is 9.67. The highest BCUT2D eigenvalue weighted by atomic mass is 32.2. The summed E-state index contributed by atoms with van der Waals surface area (Å²) < 4.78 is 65.6. The number of aromatic carboxylic acids is 1. The van der Waals surface area contributed by atoms with Crippen LogP contribution in [0.4, 0.5) is 13.2 Å². The average Bonchev–Trinajstić information content (AvgIpc) is 2.82. The largest absolute Gasteiger partial charge is 0.478 e. The maximum Gasteiger partial charge on any atom is 0.416 e. The lowest BCUT2D eigenvalue weighted by Crippen LogP contribution is -2.36. The molecule has 0 spiro atoms. The third-order valence-corrected chi connectivity index (χ3v) is 7.31. The molecule has 0 fully saturated rings. The molecule has 0 amide bonds. The molecule has 3 aromatic rings. The summed E-state index contributed by atoms with van der Waals surface area (Å²) in [6.07, 6.45) is -3.93. The number of benzene rings is 3. The Morgan fingerprint density at radius 3 is 2.26 bits per heavy atom. The highest BCUT2D eigenvalue weighted by Gasteiger charge is 2.30. The van der Waals surface area contributed by atoms with Crippen molar-refractivity contribution in [1.82, 2.24) is 4.31 Å². The lowest BCUT2D eigenvalue weighted by atomic mass is 9.98. The summed E-state index contributed by atoms with van der Waals surface area (Å²) in [4.78, 5) is 11.1. The number of alkyl halides is 3. The molecule has 0 radical (unpaired) electrons. The van der Waals surface area contributed by atoms with Crippen LogP contribution in [0.25, 0.3) is 0 Å². The number of carboxylic acids is 1. The van der Waals surface area contributed by atoms with Gasteiger partial charge in [-0.3, -0.25) is 0 Å². The molecule has 1 aliphatic rings. The Morgan fingerprint density at radius 1 is 0.912 bits per heavy atom. The van der Waals surface area contributed by atoms with Crippen molar-refractivity contribution in [3.8, 4) is 11.8 Å². The molecule has 3 aromatic carbocycles. The Hall–Kier alpha value is -3.61. The number of nitrogens with zero attached hydrogens (tertiary/aromatic N) is 1. The van der Waals surface area contributed by atoms with Crippen LogP contribution in [0.1, 0.15) is 38.2 Å². The zero-order valence-corrected chi connectivity index (χ0v) is 18.4. The van der Waals surface area contributed by atoms with E-state index in [9.17, 15) is 26.4 Å². The molecule has 5 nitrogen and oxygen atoms in total. The number of halogens is 3. The van der Waals surface area contributed by atoms with E-state index in [0.29, 0.717) is 17.5 Å². The lowest BCUT2D eigenvalue weighted by Gasteiger charge is -2.28. The number of rotatable bonds is 3. The number of fused-ring (bicyclic) bond motifs is 1. The van der Waals surface area contributed by atoms with Gasteiger partial charge in [0.1, 0.15) is 0 Å². The zero-order chi connectivity index (χ0) is 24.5. The van der Waals surface area contributed by atoms with E-state index in [1.165, 1.54) is 34.6 Å². The summed E-state index contributed by atoms with van der Waals surface area (Å²) in [5.74, 6) is 4.52. The summed E-state index contributed by atoms with van der Waals surface area (Å²) in [5, 5.41) is 9.16. The first kappa shape index (κ1) is 23.5. The number of hydrogen-bond acceptors (Lipinski definition) is 3. The van der Waals surface area contributed by atoms with Crippen molar-refractivity contribution in [2.45, 2.75) is 24.0 Å². The van der Waals surface area contributed by atoms with Crippen molar-refractivity contribution in [1.29, 1.82) is 0 Å². The molecule has 174 valence electrons. The van der Waals surface area contributed by atoms with Gasteiger partial charge in [0, 0.05) is 24.2 Å². The molecule has 1 N–H and O–H groups in total. The molecule has 0 saturated carbocycles. The van der Waals surface area contributed by atoms with E-state index in [-0.39, 0.29) is 23.5 Å². The minimum absolute atomic E-state index is 0.0888. The first-order valence-electron chi connectivity index (χ1n) is 10.2. The van der Waals surface area contributed by atoms with Crippen LogP contribution >= 0.6 is 0 Å². The fraction of sp³-hybridized carbons (Fsp3) is 0.160. The van der Waals surface area contributed by atoms with E-state index in [1.54, 1.807) is 12.1 Å². The number of sulfonamides is 1. The first-order chi connectivity index (χ1) is 16.0. The number of hydrogen-bond donors (Lipinski definition) is 1. The summed E-state index contributed by atoms with van der Waals surface area (Å²) in [6, 6.07) is 15.2. The minimum atomic E-state index is -4.41. The van der Waals surface area contributed by atoms with Crippen LogP contribution in [0.2, 0.25) is 0 Å². The van der Waals surface area contributed by atoms with Crippen LogP contribution in [0.3, 0.4) is 0 Å². The minimum Gasteiger partial charge on any atom is -0.478 e. The second kappa shape index (κ2) is 8.97. The van der Waals surface area contributed by atoms with Gasteiger partial charge in [-0.1, -0.05) is 24.0 Å². The van der Waals surface area contributed by atoms with Crippen molar-refractivity contribution < 1.29 is 31.5 Å². The van der Waals surface area contributed by atoms with Gasteiger partial charge in [0.2, 0.25) is 10.0 Å². The topological polar surface area (TPSA) is 74.7 Å². The van der Waals surface area contributed by atoms with Crippen LogP contribution in [-0.4, -0.2) is 30.3 Å². The standard InChI is InChI=1S/C25H18F3NO4S/c26-25(27,28)22-10-7-17(8-11-22)4-5-18-6-9-19-12-13-29(16-21(19)14-18)34(32,33)23-3-1-2-20(15-23)24(30)31/h1-3,6-11,14-15H,12-13,16H2,(H,30,31). The van der Waals surface area contributed by atoms with Gasteiger partial charge in [-0.15, -0.1) is 0 Å². The van der Waals surface area contributed by atoms with Gasteiger partial charge in [0.05, 0.1) is 16.0 Å². The molecule has 0 bridgehead atoms. The van der Waals surface area contributed by atoms with Crippen LogP contribution < -0.4 is 0 Å². The summed E-state index contributed by atoms with van der Waals surface area (Å²) >= 11 is 0. The fourth-order valence-corrected chi connectivity index (χ4v) is 5.10. The van der Waals surface area contributed by atoms with E-state index < -0.39 is 27.7 Å². The summed E-state index contributed by atoms with van der Waals surface area (Å²) in [5.41, 5.74) is 1.91. The Kier molecular flexibility index (Phi) is 6.21. The van der Waals surface area contributed by atoms with Crippen molar-refractivity contribution in [3.05, 3.63) is 100 Å². The molecule has 9 heteroatoms. The highest BCUT2D eigenvalue weighted by Crippen LogP contribution is 2.29. The summed E-state index contributed by atoms with van der Waals surface area (Å²) in [6.45, 7) is 0.355. The van der Waals surface area contributed by atoms with Crippen molar-refractivity contribution in [2.24, 2.45) is 0 Å². The van der Waals surface area contributed by atoms with Crippen molar-refractivity contribution in [2.75, 3.05) is 6.54 Å². The van der Waals surface area contributed by atoms with Gasteiger partial charge in [-0.05, 0) is 72.1 Å². The maximum atomic E-state index is 13.1. The van der Waals surface area contributed by atoms with E-state index in [4.69, 9.17) is 5.11 Å². The third kappa shape index (κ3) is 4.98. The first-order valence-corrected chi connectivity index (χ1v) is 11.6. The Morgan fingerprint density at radius 2 is 1.59 bits per heavy atom. The van der Waals surface area contributed by atoms with Crippen molar-refractivity contribution in [3.63, 3.8) is 0 Å². The van der Waals surface area contributed by atoms with Gasteiger partial charge in [0.25, 0.3) is 0 Å². The quantitative estimate of drug-likeness (QED) is 0.553. The normalized spacial score (nSPS) is 14.1. The zero-order valence-electron chi connectivity index (χ0n) is 17.6. The third-order valence-electron chi connectivity index (χ3n) is 5.47. The molecule has 0 unspecified atom stereocenters. The fourth-order valence-electron chi connectivity index (χ4n) is 3.64. The maximum absolute atomic E-state index is 13.1. The molecule has 34 heavy (non-hydrogen) atoms. The van der Waals surface area contributed by atoms with E-state index in [1.807, 2.05) is 6.07 Å². The van der Waals surface area contributed by atoms with Gasteiger partial charge < -0.3 is 5.11 Å². The van der Waals surface area contributed by atoms with Gasteiger partial charge >= 0.3 is 12.1 Å². The molecular formula is C25H18F3NO4S. The average molecular weight is 485 g/mol. The van der Waals surface area contributed by atoms with Crippen LogP contribution in [0.5, 0.6) is 0 Å². The van der Waals surface area contributed by atoms with Crippen molar-refractivity contribution >= 4 is 16.0 Å². The molecule has 0 aliphatic carbocycles. The number of carbonyl (C=O) groups is 1. The molecule has 1 heterocycles. The molecule has 0 atom stereocenters. The van der Waals surface area contributed by atoms with E-state index >= 15 is 0 Å². The smallest absolute Gasteiger partial charge is 0.416 e. The van der Waals surface area contributed by atoms with E-state index in [0.717, 1.165) is 29.3 Å². The van der Waals surface area contributed by atoms with Crippen LogP contribution in [0, 0.1) is 11.8 Å². The Labute approximate surface area is 194 Å².